The second-order valence-corrected chi connectivity index (χ2v) is 17.3. The van der Waals surface area contributed by atoms with Gasteiger partial charge in [-0.15, -0.1) is 72.2 Å². The Morgan fingerprint density at radius 3 is 0.846 bits per heavy atom. The fourth-order valence-corrected chi connectivity index (χ4v) is 2.39. The van der Waals surface area contributed by atoms with E-state index in [1.165, 1.54) is 18.2 Å². The third kappa shape index (κ3) is 56.3. The first-order valence-electron chi connectivity index (χ1n) is 5.51. The van der Waals surface area contributed by atoms with Crippen LogP contribution in [0.2, 0.25) is 0 Å². The zero-order valence-electron chi connectivity index (χ0n) is 12.9. The van der Waals surface area contributed by atoms with E-state index in [2.05, 4.69) is 105 Å². The Morgan fingerprint density at radius 2 is 0.808 bits per heavy atom. The molecule has 3 atom stereocenters. The molecule has 0 saturated carbocycles. The summed E-state index contributed by atoms with van der Waals surface area (Å²) in [4.78, 5) is 31.0. The van der Waals surface area contributed by atoms with E-state index < -0.39 is 17.1 Å². The molecular weight excluding hydrogens is 601 g/mol. The molecule has 0 amide bonds. The predicted molar refractivity (Wildman–Crippen MR) is 113 cm³/mol. The van der Waals surface area contributed by atoms with Gasteiger partial charge in [-0.3, -0.25) is 0 Å². The van der Waals surface area contributed by atoms with Gasteiger partial charge >= 0.3 is 34.1 Å². The summed E-state index contributed by atoms with van der Waals surface area (Å²) in [6, 6.07) is 0. The maximum atomic E-state index is 10.3. The Bertz CT molecular complexity index is 437. The van der Waals surface area contributed by atoms with Crippen LogP contribution in [0.1, 0.15) is 0 Å². The molecule has 0 fully saturated rings. The molecule has 0 heterocycles. The van der Waals surface area contributed by atoms with E-state index in [1.54, 1.807) is 0 Å². The third-order valence-corrected chi connectivity index (χ3v) is 4.34. The molecule has 0 aliphatic heterocycles. The van der Waals surface area contributed by atoms with Crippen molar-refractivity contribution in [3.63, 3.8) is 0 Å². The zero-order chi connectivity index (χ0) is 19.9. The summed E-state index contributed by atoms with van der Waals surface area (Å²) >= 11 is 25.5. The van der Waals surface area contributed by atoms with Gasteiger partial charge in [-0.25, -0.2) is 0 Å². The standard InChI is InChI=1S/3C3H7O2PS2.2Fe/c3*1-2-3-5-6(4,7)8;;/h3*2H,1,3H2,(H2,4,7,8);;/q;;;2*+3/p-6. The summed E-state index contributed by atoms with van der Waals surface area (Å²) in [5.41, 5.74) is -9.26. The summed E-state index contributed by atoms with van der Waals surface area (Å²) in [5.74, 6) is 0. The van der Waals surface area contributed by atoms with Crippen molar-refractivity contribution in [1.29, 1.82) is 0 Å². The molecule has 0 rings (SSSR count). The third-order valence-electron chi connectivity index (χ3n) is 1.05. The minimum absolute atomic E-state index is 0. The molecule has 0 aromatic rings. The quantitative estimate of drug-likeness (QED) is 0.160. The van der Waals surface area contributed by atoms with Gasteiger partial charge in [-0.1, -0.05) is 18.2 Å². The molecule has 0 aliphatic rings. The van der Waals surface area contributed by atoms with Crippen LogP contribution in [0, 0.1) is 0 Å². The molecule has 0 aliphatic carbocycles. The Labute approximate surface area is 207 Å². The van der Waals surface area contributed by atoms with Gasteiger partial charge in [0, 0.05) is 0 Å². The molecule has 2 radical (unpaired) electrons. The van der Waals surface area contributed by atoms with Crippen LogP contribution in [0.25, 0.3) is 0 Å². The molecule has 17 heteroatoms. The van der Waals surface area contributed by atoms with Crippen LogP contribution >= 0.6 is 17.1 Å². The topological polar surface area (TPSA) is 96.9 Å². The van der Waals surface area contributed by atoms with Gasteiger partial charge in [0.2, 0.25) is 0 Å². The smallest absolute Gasteiger partial charge is 0.819 e. The van der Waals surface area contributed by atoms with Crippen molar-refractivity contribution in [3.8, 4) is 0 Å². The zero-order valence-corrected chi connectivity index (χ0v) is 22.7. The molecule has 0 saturated heterocycles. The van der Waals surface area contributed by atoms with Crippen molar-refractivity contribution in [2.45, 2.75) is 0 Å². The molecule has 26 heavy (non-hydrogen) atoms. The van der Waals surface area contributed by atoms with Crippen molar-refractivity contribution < 1.29 is 62.4 Å². The van der Waals surface area contributed by atoms with Gasteiger partial charge in [-0.2, -0.15) is 0 Å². The number of rotatable bonds is 9. The largest absolute Gasteiger partial charge is 3.00 e. The van der Waals surface area contributed by atoms with Gasteiger partial charge in [0.15, 0.2) is 0 Å². The Morgan fingerprint density at radius 1 is 0.654 bits per heavy atom. The molecule has 0 aromatic heterocycles. The predicted octanol–water partition coefficient (Wildman–Crippen LogP) is 0.957. The second kappa shape index (κ2) is 22.7. The maximum absolute atomic E-state index is 10.3. The summed E-state index contributed by atoms with van der Waals surface area (Å²) < 4.78 is 13.3. The van der Waals surface area contributed by atoms with E-state index in [4.69, 9.17) is 0 Å². The normalized spacial score (nSPS) is 15.9. The van der Waals surface area contributed by atoms with Crippen LogP contribution in [0.4, 0.5) is 0 Å². The summed E-state index contributed by atoms with van der Waals surface area (Å²) in [6.45, 7) is 10.5. The Hall–Kier alpha value is 3.02. The fourth-order valence-electron chi connectivity index (χ4n) is 0.432. The van der Waals surface area contributed by atoms with E-state index in [0.29, 0.717) is 0 Å². The first kappa shape index (κ1) is 39.5. The second-order valence-electron chi connectivity index (χ2n) is 3.09. The molecule has 6 nitrogen and oxygen atoms in total. The Kier molecular flexibility index (Phi) is 34.5. The monoisotopic (exact) mass is 616 g/mol. The van der Waals surface area contributed by atoms with Gasteiger partial charge in [0.25, 0.3) is 0 Å². The maximum Gasteiger partial charge on any atom is 3.00 e. The van der Waals surface area contributed by atoms with E-state index in [1.807, 2.05) is 0 Å². The van der Waals surface area contributed by atoms with Crippen LogP contribution < -0.4 is 14.7 Å². The average molecular weight is 616 g/mol. The van der Waals surface area contributed by atoms with Crippen LogP contribution in [0.15, 0.2) is 38.0 Å². The first-order valence-corrected chi connectivity index (χ1v) is 16.5. The van der Waals surface area contributed by atoms with Crippen molar-refractivity contribution in [2.24, 2.45) is 0 Å². The number of hydrogen-bond donors (Lipinski definition) is 0. The molecule has 0 bridgehead atoms. The Balaban J connectivity index is -0.0000000817. The van der Waals surface area contributed by atoms with Gasteiger partial charge in [0.05, 0.1) is 19.8 Å². The van der Waals surface area contributed by atoms with Gasteiger partial charge in [-0.05, 0) is 0 Å². The van der Waals surface area contributed by atoms with Crippen molar-refractivity contribution in [1.82, 2.24) is 0 Å². The first-order chi connectivity index (χ1) is 10.7. The SMILES string of the molecule is C=CCOP([O-])(=S)[S-].C=CCOP([O-])(=S)[S-].C=CCOP([O-])(=S)[S-].[Fe+3].[Fe+3]. The number of hydrogen-bond acceptors (Lipinski definition) is 12. The van der Waals surface area contributed by atoms with Crippen LogP contribution in [-0.4, -0.2) is 19.8 Å². The fraction of sp³-hybridized carbons (Fsp3) is 0.333. The molecule has 0 aromatic carbocycles. The van der Waals surface area contributed by atoms with Crippen LogP contribution in [0.5, 0.6) is 0 Å². The molecule has 154 valence electrons. The van der Waals surface area contributed by atoms with Crippen molar-refractivity contribution in [3.05, 3.63) is 38.0 Å². The van der Waals surface area contributed by atoms with E-state index >= 15 is 0 Å². The average Bonchev–Trinajstić information content (AvgIpc) is 2.39. The van der Waals surface area contributed by atoms with Crippen LogP contribution in [0.3, 0.4) is 0 Å². The van der Waals surface area contributed by atoms with Gasteiger partial charge < -0.3 is 65.0 Å². The van der Waals surface area contributed by atoms with E-state index in [-0.39, 0.29) is 54.0 Å². The molecule has 0 N–H and O–H groups in total. The van der Waals surface area contributed by atoms with Crippen molar-refractivity contribution >= 4 is 89.2 Å². The van der Waals surface area contributed by atoms with Gasteiger partial charge in [0.1, 0.15) is 0 Å². The summed E-state index contributed by atoms with van der Waals surface area (Å²) in [5, 5.41) is 0. The summed E-state index contributed by atoms with van der Waals surface area (Å²) in [7, 11) is 0. The van der Waals surface area contributed by atoms with Crippen LogP contribution in [-0.2, 0) is 120 Å². The van der Waals surface area contributed by atoms with Crippen molar-refractivity contribution in [2.75, 3.05) is 19.8 Å². The van der Waals surface area contributed by atoms with E-state index in [9.17, 15) is 14.7 Å². The summed E-state index contributed by atoms with van der Waals surface area (Å²) in [6.07, 6.45) is 4.35. The minimum Gasteiger partial charge on any atom is -0.819 e. The minimum atomic E-state index is -3.09. The molecule has 3 unspecified atom stereocenters. The van der Waals surface area contributed by atoms with E-state index in [0.717, 1.165) is 0 Å². The molecule has 0 spiro atoms. The molecular formula is C9H15Fe2O6P3S6.